The van der Waals surface area contributed by atoms with E-state index in [9.17, 15) is 9.59 Å². The molecule has 0 bridgehead atoms. The first-order valence-corrected chi connectivity index (χ1v) is 10.2. The number of aromatic amines is 2. The lowest BCUT2D eigenvalue weighted by Gasteiger charge is -2.33. The minimum atomic E-state index is -0.407. The fourth-order valence-electron chi connectivity index (χ4n) is 4.33. The summed E-state index contributed by atoms with van der Waals surface area (Å²) >= 11 is 1.54. The van der Waals surface area contributed by atoms with Gasteiger partial charge in [-0.1, -0.05) is 24.3 Å². The molecule has 0 saturated heterocycles. The van der Waals surface area contributed by atoms with Gasteiger partial charge in [0.1, 0.15) is 0 Å². The Hall–Kier alpha value is -2.21. The van der Waals surface area contributed by atoms with E-state index < -0.39 is 5.69 Å². The van der Waals surface area contributed by atoms with Crippen molar-refractivity contribution in [3.8, 4) is 0 Å². The van der Waals surface area contributed by atoms with E-state index >= 15 is 0 Å². The fraction of sp³-hybridized carbons (Fsp3) is 0.450. The minimum Gasteiger partial charge on any atom is -0.311 e. The van der Waals surface area contributed by atoms with Crippen molar-refractivity contribution in [3.63, 3.8) is 0 Å². The lowest BCUT2D eigenvalue weighted by Crippen LogP contribution is -2.31. The molecule has 1 atom stereocenters. The van der Waals surface area contributed by atoms with E-state index in [2.05, 4.69) is 39.3 Å². The molecule has 2 N–H and O–H groups in total. The van der Waals surface area contributed by atoms with Crippen molar-refractivity contribution >= 4 is 11.3 Å². The monoisotopic (exact) mass is 369 g/mol. The van der Waals surface area contributed by atoms with E-state index in [1.807, 2.05) is 5.38 Å². The van der Waals surface area contributed by atoms with E-state index in [1.54, 1.807) is 6.20 Å². The van der Waals surface area contributed by atoms with E-state index in [1.165, 1.54) is 11.3 Å². The van der Waals surface area contributed by atoms with E-state index in [4.69, 9.17) is 0 Å². The number of allylic oxidation sites excluding steroid dienone is 4. The Bertz CT molecular complexity index is 915. The zero-order valence-corrected chi connectivity index (χ0v) is 15.4. The highest BCUT2D eigenvalue weighted by molar-refractivity contribution is 7.09. The molecule has 2 heterocycles. The lowest BCUT2D eigenvalue weighted by molar-refractivity contribution is 0.262. The number of hydrogen-bond donors (Lipinski definition) is 2. The van der Waals surface area contributed by atoms with Crippen LogP contribution in [-0.4, -0.2) is 15.0 Å². The van der Waals surface area contributed by atoms with Crippen LogP contribution in [0.5, 0.6) is 0 Å². The molecule has 0 spiro atoms. The van der Waals surface area contributed by atoms with Crippen LogP contribution in [0.4, 0.5) is 0 Å². The second-order valence-electron chi connectivity index (χ2n) is 7.23. The lowest BCUT2D eigenvalue weighted by atomic mass is 9.72. The Morgan fingerprint density at radius 3 is 2.65 bits per heavy atom. The van der Waals surface area contributed by atoms with Crippen LogP contribution in [0, 0.1) is 11.8 Å². The summed E-state index contributed by atoms with van der Waals surface area (Å²) in [5.74, 6) is 1.58. The standard InChI is InChI=1S/C20H23N3O2S/c24-19-16(12-17-21-10-11-26-17)18(22-20(25)23-19)15-8-6-14(7-9-15)13-4-2-1-3-5-13/h1-4,10-11,13-15H,5-9,12H2,(H2,22,23,24,25). The Morgan fingerprint density at radius 1 is 1.12 bits per heavy atom. The van der Waals surface area contributed by atoms with Gasteiger partial charge in [0, 0.05) is 29.3 Å². The van der Waals surface area contributed by atoms with Crippen LogP contribution in [0.1, 0.15) is 54.3 Å². The second-order valence-corrected chi connectivity index (χ2v) is 8.21. The summed E-state index contributed by atoms with van der Waals surface area (Å²) < 4.78 is 0. The Labute approximate surface area is 155 Å². The molecule has 0 radical (unpaired) electrons. The zero-order chi connectivity index (χ0) is 17.9. The van der Waals surface area contributed by atoms with Crippen molar-refractivity contribution in [2.45, 2.75) is 44.4 Å². The van der Waals surface area contributed by atoms with Crippen molar-refractivity contribution in [3.05, 3.63) is 73.0 Å². The molecular formula is C20H23N3O2S. The summed E-state index contributed by atoms with van der Waals surface area (Å²) in [7, 11) is 0. The molecule has 1 saturated carbocycles. The first kappa shape index (κ1) is 17.2. The van der Waals surface area contributed by atoms with E-state index in [0.717, 1.165) is 42.8 Å². The van der Waals surface area contributed by atoms with Gasteiger partial charge in [-0.25, -0.2) is 9.78 Å². The van der Waals surface area contributed by atoms with Gasteiger partial charge >= 0.3 is 5.69 Å². The van der Waals surface area contributed by atoms with Crippen LogP contribution < -0.4 is 11.2 Å². The quantitative estimate of drug-likeness (QED) is 0.865. The van der Waals surface area contributed by atoms with Gasteiger partial charge in [-0.05, 0) is 49.9 Å². The van der Waals surface area contributed by atoms with Crippen LogP contribution in [0.15, 0.2) is 45.5 Å². The van der Waals surface area contributed by atoms with Crippen LogP contribution >= 0.6 is 11.3 Å². The third-order valence-corrected chi connectivity index (χ3v) is 6.46. The van der Waals surface area contributed by atoms with Gasteiger partial charge in [0.25, 0.3) is 5.56 Å². The molecule has 1 fully saturated rings. The smallest absolute Gasteiger partial charge is 0.311 e. The molecule has 0 aromatic carbocycles. The molecule has 26 heavy (non-hydrogen) atoms. The summed E-state index contributed by atoms with van der Waals surface area (Å²) in [6.07, 6.45) is 16.5. The number of nitrogens with one attached hydrogen (secondary N) is 2. The fourth-order valence-corrected chi connectivity index (χ4v) is 4.96. The molecular weight excluding hydrogens is 346 g/mol. The third-order valence-electron chi connectivity index (χ3n) is 5.69. The maximum atomic E-state index is 12.4. The normalized spacial score (nSPS) is 25.5. The first-order valence-electron chi connectivity index (χ1n) is 9.28. The number of aromatic nitrogens is 3. The van der Waals surface area contributed by atoms with Crippen molar-refractivity contribution in [2.24, 2.45) is 11.8 Å². The molecule has 5 nitrogen and oxygen atoms in total. The Kier molecular flexibility index (Phi) is 5.02. The summed E-state index contributed by atoms with van der Waals surface area (Å²) in [6.45, 7) is 0. The molecule has 2 aliphatic rings. The largest absolute Gasteiger partial charge is 0.325 e. The van der Waals surface area contributed by atoms with Gasteiger partial charge in [-0.2, -0.15) is 0 Å². The minimum absolute atomic E-state index is 0.249. The number of nitrogens with zero attached hydrogens (tertiary/aromatic N) is 1. The highest BCUT2D eigenvalue weighted by Crippen LogP contribution is 2.40. The maximum Gasteiger partial charge on any atom is 0.325 e. The van der Waals surface area contributed by atoms with Gasteiger partial charge in [0.05, 0.1) is 5.01 Å². The van der Waals surface area contributed by atoms with Crippen LogP contribution in [0.2, 0.25) is 0 Å². The second kappa shape index (κ2) is 7.58. The third kappa shape index (κ3) is 3.65. The van der Waals surface area contributed by atoms with Crippen molar-refractivity contribution in [2.75, 3.05) is 0 Å². The number of hydrogen-bond acceptors (Lipinski definition) is 4. The van der Waals surface area contributed by atoms with Crippen molar-refractivity contribution in [1.29, 1.82) is 0 Å². The zero-order valence-electron chi connectivity index (χ0n) is 14.6. The van der Waals surface area contributed by atoms with Gasteiger partial charge in [0.2, 0.25) is 0 Å². The van der Waals surface area contributed by atoms with Crippen LogP contribution in [-0.2, 0) is 6.42 Å². The molecule has 136 valence electrons. The highest BCUT2D eigenvalue weighted by atomic mass is 32.1. The van der Waals surface area contributed by atoms with Crippen molar-refractivity contribution in [1.82, 2.24) is 15.0 Å². The van der Waals surface area contributed by atoms with Gasteiger partial charge in [-0.3, -0.25) is 9.78 Å². The number of rotatable bonds is 4. The van der Waals surface area contributed by atoms with E-state index in [-0.39, 0.29) is 11.5 Å². The maximum absolute atomic E-state index is 12.4. The van der Waals surface area contributed by atoms with E-state index in [0.29, 0.717) is 23.8 Å². The van der Waals surface area contributed by atoms with Crippen LogP contribution in [0.3, 0.4) is 0 Å². The first-order chi connectivity index (χ1) is 12.7. The molecule has 6 heteroatoms. The molecule has 2 aliphatic carbocycles. The summed E-state index contributed by atoms with van der Waals surface area (Å²) in [5.41, 5.74) is 0.812. The SMILES string of the molecule is O=c1[nH]c(C2CCC(C3C=CC=CC3)CC2)c(Cc2nccs2)c(=O)[nH]1. The molecule has 1 unspecified atom stereocenters. The van der Waals surface area contributed by atoms with Gasteiger partial charge in [-0.15, -0.1) is 11.3 Å². The van der Waals surface area contributed by atoms with Gasteiger partial charge in [0.15, 0.2) is 0 Å². The molecule has 0 amide bonds. The summed E-state index contributed by atoms with van der Waals surface area (Å²) in [5, 5.41) is 2.81. The molecule has 0 aliphatic heterocycles. The predicted octanol–water partition coefficient (Wildman–Crippen LogP) is 3.52. The predicted molar refractivity (Wildman–Crippen MR) is 104 cm³/mol. The van der Waals surface area contributed by atoms with Crippen molar-refractivity contribution < 1.29 is 0 Å². The average molecular weight is 369 g/mol. The Balaban J connectivity index is 1.54. The van der Waals surface area contributed by atoms with Gasteiger partial charge < -0.3 is 4.98 Å². The highest BCUT2D eigenvalue weighted by Gasteiger charge is 2.29. The molecule has 2 aromatic heterocycles. The molecule has 2 aromatic rings. The Morgan fingerprint density at radius 2 is 1.96 bits per heavy atom. The number of H-pyrrole nitrogens is 2. The number of thiazole rings is 1. The summed E-state index contributed by atoms with van der Waals surface area (Å²) in [6, 6.07) is 0. The average Bonchev–Trinajstić information content (AvgIpc) is 3.18. The topological polar surface area (TPSA) is 78.6 Å². The van der Waals surface area contributed by atoms with Crippen LogP contribution in [0.25, 0.3) is 0 Å². The summed E-state index contributed by atoms with van der Waals surface area (Å²) in [4.78, 5) is 33.9. The molecule has 4 rings (SSSR count).